The van der Waals surface area contributed by atoms with Crippen LogP contribution in [0.5, 0.6) is 23.0 Å². The second-order valence-corrected chi connectivity index (χ2v) is 14.0. The van der Waals surface area contributed by atoms with Crippen LogP contribution in [0.1, 0.15) is 63.5 Å². The average molecular weight is 685 g/mol. The lowest BCUT2D eigenvalue weighted by atomic mass is 9.80. The fourth-order valence-corrected chi connectivity index (χ4v) is 9.23. The lowest BCUT2D eigenvalue weighted by Crippen LogP contribution is -2.20. The molecule has 0 spiro atoms. The number of rotatable bonds is 11. The molecule has 0 amide bonds. The highest BCUT2D eigenvalue weighted by Gasteiger charge is 2.38. The Balaban J connectivity index is 1.91. The topological polar surface area (TPSA) is 143 Å². The molecule has 49 heavy (non-hydrogen) atoms. The number of ether oxygens (including phenoxy) is 3. The Bertz CT molecular complexity index is 2330. The summed E-state index contributed by atoms with van der Waals surface area (Å²) in [6.45, 7) is 5.45. The molecule has 0 saturated heterocycles. The second-order valence-electron chi connectivity index (χ2n) is 12.9. The van der Waals surface area contributed by atoms with Crippen molar-refractivity contribution in [3.05, 3.63) is 43.2 Å². The Labute approximate surface area is 287 Å². The number of carbonyl (C=O) groups excluding carboxylic acids is 1. The molecule has 1 fully saturated rings. The first-order chi connectivity index (χ1) is 23.6. The number of aromatic hydroxyl groups is 1. The Morgan fingerprint density at radius 2 is 1.61 bits per heavy atom. The van der Waals surface area contributed by atoms with E-state index in [1.54, 1.807) is 7.11 Å². The van der Waals surface area contributed by atoms with Crippen molar-refractivity contribution < 1.29 is 29.2 Å². The number of Topliss-reactive ketones (excluding diaryl/α,β-unsaturated/α-hetero) is 1. The summed E-state index contributed by atoms with van der Waals surface area (Å²) in [5.41, 5.74) is 1.72. The lowest BCUT2D eigenvalue weighted by molar-refractivity contribution is -0.117. The molecular weight excluding hydrogens is 644 g/mol. The Morgan fingerprint density at radius 1 is 0.918 bits per heavy atom. The number of allylic oxidation sites excluding steroid dienone is 1. The van der Waals surface area contributed by atoms with Gasteiger partial charge in [-0.3, -0.25) is 14.4 Å². The predicted molar refractivity (Wildman–Crippen MR) is 198 cm³/mol. The first-order valence-electron chi connectivity index (χ1n) is 16.7. The molecule has 7 rings (SSSR count). The quantitative estimate of drug-likeness (QED) is 0.0680. The molecule has 256 valence electrons. The average Bonchev–Trinajstić information content (AvgIpc) is 3.54. The van der Waals surface area contributed by atoms with Gasteiger partial charge < -0.3 is 35.1 Å². The largest absolute Gasteiger partial charge is 0.506 e. The van der Waals surface area contributed by atoms with Gasteiger partial charge in [-0.1, -0.05) is 24.5 Å². The normalized spacial score (nSPS) is 16.2. The molecule has 11 heteroatoms. The van der Waals surface area contributed by atoms with Gasteiger partial charge in [-0.2, -0.15) is 0 Å². The molecule has 2 aliphatic rings. The molecule has 10 nitrogen and oxygen atoms in total. The number of benzene rings is 5. The van der Waals surface area contributed by atoms with Crippen molar-refractivity contribution in [2.24, 2.45) is 0 Å². The maximum atomic E-state index is 14.9. The maximum absolute atomic E-state index is 14.9. The van der Waals surface area contributed by atoms with Crippen LogP contribution in [0.25, 0.3) is 49.2 Å². The van der Waals surface area contributed by atoms with Crippen LogP contribution in [0.3, 0.4) is 0 Å². The molecule has 2 aliphatic carbocycles. The number of phenols is 1. The van der Waals surface area contributed by atoms with Gasteiger partial charge in [0, 0.05) is 62.5 Å². The van der Waals surface area contributed by atoms with Crippen LogP contribution in [0, 0.1) is 0 Å². The third kappa shape index (κ3) is 4.61. The summed E-state index contributed by atoms with van der Waals surface area (Å²) in [5.74, 6) is -0.276. The summed E-state index contributed by atoms with van der Waals surface area (Å²) in [6, 6.07) is 1.98. The maximum Gasteiger partial charge on any atom is 0.230 e. The van der Waals surface area contributed by atoms with Crippen LogP contribution < -0.4 is 35.7 Å². The van der Waals surface area contributed by atoms with Gasteiger partial charge in [0.05, 0.1) is 60.9 Å². The van der Waals surface area contributed by atoms with Gasteiger partial charge in [0.25, 0.3) is 0 Å². The number of thioether (sulfide) groups is 1. The van der Waals surface area contributed by atoms with Gasteiger partial charge in [0.2, 0.25) is 10.9 Å². The second kappa shape index (κ2) is 12.4. The molecule has 1 atom stereocenters. The lowest BCUT2D eigenvalue weighted by Gasteiger charge is -2.27. The minimum atomic E-state index is -0.851. The fraction of sp³-hybridized carbons (Fsp3) is 0.395. The highest BCUT2D eigenvalue weighted by Crippen LogP contribution is 2.58. The molecule has 0 aromatic heterocycles. The number of hydrogen-bond donors (Lipinski definition) is 4. The van der Waals surface area contributed by atoms with E-state index in [0.29, 0.717) is 83.0 Å². The highest BCUT2D eigenvalue weighted by molar-refractivity contribution is 7.99. The third-order valence-electron chi connectivity index (χ3n) is 10.2. The van der Waals surface area contributed by atoms with E-state index >= 15 is 0 Å². The van der Waals surface area contributed by atoms with Gasteiger partial charge in [0.15, 0.2) is 5.75 Å². The van der Waals surface area contributed by atoms with Crippen LogP contribution in [-0.2, 0) is 4.79 Å². The van der Waals surface area contributed by atoms with Crippen molar-refractivity contribution in [3.8, 4) is 23.0 Å². The summed E-state index contributed by atoms with van der Waals surface area (Å²) in [5, 5.41) is 32.4. The molecule has 5 aromatic carbocycles. The third-order valence-corrected chi connectivity index (χ3v) is 11.2. The SMILES string of the molecule is CCNc1c2c3c4c(c(OC)c(=O)c5c(NC6CCCC6)cc(OC)c(c6c(OC)c(SCCO)c(O)c(c1=O)c36)c54)C(C(C)=O)C(C)=C2. The minimum absolute atomic E-state index is 0.0630. The fourth-order valence-electron chi connectivity index (χ4n) is 8.38. The number of carbonyl (C=O) groups is 1. The first-order valence-corrected chi connectivity index (χ1v) is 17.7. The number of aliphatic hydroxyl groups is 1. The summed E-state index contributed by atoms with van der Waals surface area (Å²) in [7, 11) is 4.49. The zero-order chi connectivity index (χ0) is 34.9. The molecule has 0 bridgehead atoms. The van der Waals surface area contributed by atoms with Gasteiger partial charge >= 0.3 is 0 Å². The molecule has 1 saturated carbocycles. The summed E-state index contributed by atoms with van der Waals surface area (Å²) >= 11 is 1.17. The number of methoxy groups -OCH3 is 3. The molecule has 0 radical (unpaired) electrons. The minimum Gasteiger partial charge on any atom is -0.506 e. The number of hydrogen-bond acceptors (Lipinski definition) is 11. The number of phenolic OH excluding ortho intramolecular Hbond substituents is 1. The van der Waals surface area contributed by atoms with Crippen LogP contribution in [-0.4, -0.2) is 62.3 Å². The molecule has 0 heterocycles. The smallest absolute Gasteiger partial charge is 0.230 e. The monoisotopic (exact) mass is 684 g/mol. The van der Waals surface area contributed by atoms with Crippen LogP contribution in [0.4, 0.5) is 11.4 Å². The number of ketones is 1. The number of anilines is 2. The molecule has 0 aliphatic heterocycles. The van der Waals surface area contributed by atoms with Gasteiger partial charge in [-0.15, -0.1) is 11.8 Å². The summed E-state index contributed by atoms with van der Waals surface area (Å²) < 4.78 is 18.2. The molecular formula is C38H40N2O8S. The van der Waals surface area contributed by atoms with Crippen molar-refractivity contribution in [1.82, 2.24) is 0 Å². The predicted octanol–water partition coefficient (Wildman–Crippen LogP) is 6.59. The summed E-state index contributed by atoms with van der Waals surface area (Å²) in [6.07, 6.45) is 5.93. The van der Waals surface area contributed by atoms with E-state index in [-0.39, 0.29) is 52.2 Å². The van der Waals surface area contributed by atoms with E-state index in [1.165, 1.54) is 32.9 Å². The van der Waals surface area contributed by atoms with Gasteiger partial charge in [0.1, 0.15) is 23.0 Å². The van der Waals surface area contributed by atoms with E-state index in [4.69, 9.17) is 14.2 Å². The number of nitrogens with one attached hydrogen (secondary N) is 2. The Kier molecular flexibility index (Phi) is 8.39. The van der Waals surface area contributed by atoms with Crippen molar-refractivity contribution in [2.45, 2.75) is 63.3 Å². The Hall–Kier alpha value is -4.48. The van der Waals surface area contributed by atoms with Gasteiger partial charge in [-0.05, 0) is 39.0 Å². The zero-order valence-electron chi connectivity index (χ0n) is 28.5. The summed E-state index contributed by atoms with van der Waals surface area (Å²) in [4.78, 5) is 43.5. The number of fused-ring (bicyclic) bond motifs is 1. The molecule has 1 unspecified atom stereocenters. The van der Waals surface area contributed by atoms with Crippen molar-refractivity contribution in [3.63, 3.8) is 0 Å². The van der Waals surface area contributed by atoms with E-state index in [9.17, 15) is 24.6 Å². The van der Waals surface area contributed by atoms with Crippen molar-refractivity contribution in [2.75, 3.05) is 50.9 Å². The molecule has 5 aromatic rings. The van der Waals surface area contributed by atoms with Crippen LogP contribution in [0.15, 0.2) is 26.1 Å². The van der Waals surface area contributed by atoms with Gasteiger partial charge in [-0.25, -0.2) is 0 Å². The van der Waals surface area contributed by atoms with E-state index < -0.39 is 11.3 Å². The van der Waals surface area contributed by atoms with Crippen molar-refractivity contribution in [1.29, 1.82) is 0 Å². The standard InChI is InChI=1S/C38H40N2O8S/c1-7-39-32-19-14-16(2)22(17(3)42)29-26-23(19)27-30(37(48-6)38(49-13-12-41)35(45)31(27)33(32)43)25-21(46-4)15-20(40-18-10-8-9-11-18)24(28(25)26)34(44)36(29)47-5/h14-15,18,22,39-41,45H,7-13H2,1-6H3. The first kappa shape index (κ1) is 33.0. The Morgan fingerprint density at radius 3 is 2.22 bits per heavy atom. The van der Waals surface area contributed by atoms with Crippen LogP contribution in [0.2, 0.25) is 0 Å². The van der Waals surface area contributed by atoms with Crippen LogP contribution >= 0.6 is 11.8 Å². The van der Waals surface area contributed by atoms with Crippen molar-refractivity contribution >= 4 is 78.1 Å². The number of aliphatic hydroxyl groups excluding tert-OH is 1. The van der Waals surface area contributed by atoms with E-state index in [0.717, 1.165) is 25.7 Å². The zero-order valence-corrected chi connectivity index (χ0v) is 29.3. The highest BCUT2D eigenvalue weighted by atomic mass is 32.2. The molecule has 4 N–H and O–H groups in total. The van der Waals surface area contributed by atoms with E-state index in [2.05, 4.69) is 10.6 Å². The van der Waals surface area contributed by atoms with E-state index in [1.807, 2.05) is 26.0 Å².